The number of benzene rings is 14. The van der Waals surface area contributed by atoms with Crippen molar-refractivity contribution >= 4 is 136 Å². The van der Waals surface area contributed by atoms with Crippen LogP contribution in [-0.2, 0) is 21.7 Å². The van der Waals surface area contributed by atoms with Crippen LogP contribution in [0.5, 0.6) is 0 Å². The van der Waals surface area contributed by atoms with Crippen LogP contribution >= 0.6 is 47.0 Å². The highest BCUT2D eigenvalue weighted by Crippen LogP contribution is 2.51. The highest BCUT2D eigenvalue weighted by atomic mass is 32.2. The molecular weight excluding hydrogens is 1250 g/mol. The Bertz CT molecular complexity index is 5630. The quantitative estimate of drug-likeness (QED) is 0.127. The Balaban J connectivity index is 0.000000153. The minimum Gasteiger partial charge on any atom is -0.0911 e. The first kappa shape index (κ1) is 57.5. The molecule has 0 aliphatic carbocycles. The molecule has 6 heteroatoms. The van der Waals surface area contributed by atoms with Gasteiger partial charge in [0.25, 0.3) is 0 Å². The maximum absolute atomic E-state index is 8.97. The molecule has 14 aromatic rings. The van der Waals surface area contributed by atoms with Crippen LogP contribution in [0.3, 0.4) is 0 Å². The highest BCUT2D eigenvalue weighted by Gasteiger charge is 2.42. The van der Waals surface area contributed by atoms with Crippen molar-refractivity contribution in [2.45, 2.75) is 144 Å². The lowest BCUT2D eigenvalue weighted by Gasteiger charge is -2.35. The fourth-order valence-electron chi connectivity index (χ4n) is 15.6. The summed E-state index contributed by atoms with van der Waals surface area (Å²) in [6, 6.07) is 82.3. The predicted octanol–water partition coefficient (Wildman–Crippen LogP) is 22.7. The van der Waals surface area contributed by atoms with E-state index in [2.05, 4.69) is 271 Å². The summed E-state index contributed by atoms with van der Waals surface area (Å²) < 4.78 is 43.3. The standard InChI is InChI=1S/2C46H39BS2/c2*1-45(2,3)30-20-22-36-38(26-30)48-40-24-29(25-41-44(40)47(36)37-23-21-31(46(4,5)6)27-39(37)49-41)43-34-18-12-10-16-32(34)42(28-14-8-7-9-15-28)33-17-11-13-19-35(33)43/h2*7-27H,1-6H3/i7D,8D,9D,14D,15D;. The average molecular weight is 1340 g/mol. The molecule has 0 fully saturated rings. The van der Waals surface area contributed by atoms with Crippen molar-refractivity contribution in [1.29, 1.82) is 0 Å². The summed E-state index contributed by atoms with van der Waals surface area (Å²) in [5.74, 6) is 0. The summed E-state index contributed by atoms with van der Waals surface area (Å²) in [5, 5.41) is 8.87. The van der Waals surface area contributed by atoms with Gasteiger partial charge in [0.15, 0.2) is 0 Å². The lowest BCUT2D eigenvalue weighted by atomic mass is 9.36. The average Bonchev–Trinajstić information content (AvgIpc) is 0.719. The van der Waals surface area contributed by atoms with Gasteiger partial charge in [0, 0.05) is 39.2 Å². The third-order valence-corrected chi connectivity index (χ3v) is 25.2. The molecule has 98 heavy (non-hydrogen) atoms. The topological polar surface area (TPSA) is 0 Å². The van der Waals surface area contributed by atoms with Crippen LogP contribution in [0.1, 0.15) is 112 Å². The summed E-state index contributed by atoms with van der Waals surface area (Å²) in [7, 11) is 0. The van der Waals surface area contributed by atoms with E-state index in [9.17, 15) is 0 Å². The number of hydrogen-bond acceptors (Lipinski definition) is 4. The second kappa shape index (κ2) is 23.7. The summed E-state index contributed by atoms with van der Waals surface area (Å²) in [6.07, 6.45) is 0. The minimum absolute atomic E-state index is 0.0185. The fourth-order valence-corrected chi connectivity index (χ4v) is 20.7. The summed E-state index contributed by atoms with van der Waals surface area (Å²) >= 11 is 7.67. The molecule has 4 aliphatic heterocycles. The molecule has 0 bridgehead atoms. The lowest BCUT2D eigenvalue weighted by molar-refractivity contribution is 0.588. The summed E-state index contributed by atoms with van der Waals surface area (Å²) in [5.41, 5.74) is 22.3. The van der Waals surface area contributed by atoms with E-state index in [1.54, 1.807) is 0 Å². The first-order valence-electron chi connectivity index (χ1n) is 36.8. The van der Waals surface area contributed by atoms with E-state index in [1.807, 2.05) is 83.4 Å². The zero-order valence-corrected chi connectivity index (χ0v) is 60.9. The van der Waals surface area contributed by atoms with Crippen molar-refractivity contribution in [3.8, 4) is 44.5 Å². The maximum Gasteiger partial charge on any atom is 0.247 e. The van der Waals surface area contributed by atoms with Gasteiger partial charge >= 0.3 is 0 Å². The lowest BCUT2D eigenvalue weighted by Crippen LogP contribution is -2.58. The fraction of sp³-hybridized carbons (Fsp3) is 0.174. The normalized spacial score (nSPS) is 14.4. The Labute approximate surface area is 604 Å². The Hall–Kier alpha value is -8.35. The van der Waals surface area contributed by atoms with Crippen LogP contribution in [-0.4, -0.2) is 13.4 Å². The summed E-state index contributed by atoms with van der Waals surface area (Å²) in [4.78, 5) is 10.7. The SMILES string of the molecule is CC(C)(C)c1ccc2c(c1)Sc1cc(-c3c4ccccc4c(-c4ccccc4)c4ccccc34)cc3c1B2c1ccc(C(C)(C)C)cc1S3.[2H]c1c([2H])c([2H])c(-c2c3ccccc3c(-c3cc4c5c(c3)Sc3cc(C(C)(C)C)ccc3B5c3ccc(C(C)(C)C)cc3S4)c3ccccc23)c([2H])c1[2H]. The van der Waals surface area contributed by atoms with Gasteiger partial charge in [0.2, 0.25) is 13.4 Å². The van der Waals surface area contributed by atoms with E-state index in [-0.39, 0.29) is 70.9 Å². The Morgan fingerprint density at radius 3 is 0.755 bits per heavy atom. The molecule has 0 nitrogen and oxygen atoms in total. The van der Waals surface area contributed by atoms with Gasteiger partial charge in [-0.15, -0.1) is 0 Å². The van der Waals surface area contributed by atoms with Gasteiger partial charge in [-0.05, 0) is 191 Å². The summed E-state index contributed by atoms with van der Waals surface area (Å²) in [6.45, 7) is 27.9. The third-order valence-electron chi connectivity index (χ3n) is 20.7. The highest BCUT2D eigenvalue weighted by molar-refractivity contribution is 8.02. The van der Waals surface area contributed by atoms with Crippen LogP contribution in [0.25, 0.3) is 87.6 Å². The van der Waals surface area contributed by atoms with Gasteiger partial charge in [-0.3, -0.25) is 0 Å². The number of fused-ring (bicyclic) bond motifs is 12. The van der Waals surface area contributed by atoms with E-state index in [0.29, 0.717) is 5.56 Å². The molecule has 0 atom stereocenters. The van der Waals surface area contributed by atoms with Crippen LogP contribution in [0.2, 0.25) is 0 Å². The van der Waals surface area contributed by atoms with E-state index < -0.39 is 0 Å². The van der Waals surface area contributed by atoms with E-state index >= 15 is 0 Å². The van der Waals surface area contributed by atoms with Crippen LogP contribution < -0.4 is 32.8 Å². The molecule has 0 radical (unpaired) electrons. The molecule has 0 N–H and O–H groups in total. The van der Waals surface area contributed by atoms with E-state index in [0.717, 1.165) is 32.7 Å². The molecule has 4 heterocycles. The molecule has 14 aromatic carbocycles. The van der Waals surface area contributed by atoms with Gasteiger partial charge < -0.3 is 0 Å². The second-order valence-corrected chi connectivity index (χ2v) is 35.4. The van der Waals surface area contributed by atoms with E-state index in [4.69, 9.17) is 6.85 Å². The van der Waals surface area contributed by atoms with Gasteiger partial charge in [0.1, 0.15) is 0 Å². The maximum atomic E-state index is 8.97. The monoisotopic (exact) mass is 1340 g/mol. The van der Waals surface area contributed by atoms with Crippen LogP contribution in [0, 0.1) is 0 Å². The first-order chi connectivity index (χ1) is 49.2. The van der Waals surface area contributed by atoms with Crippen molar-refractivity contribution in [1.82, 2.24) is 0 Å². The Morgan fingerprint density at radius 1 is 0.245 bits per heavy atom. The van der Waals surface area contributed by atoms with Crippen molar-refractivity contribution in [3.05, 3.63) is 277 Å². The molecule has 0 unspecified atom stereocenters. The zero-order valence-electron chi connectivity index (χ0n) is 62.6. The van der Waals surface area contributed by atoms with Crippen molar-refractivity contribution in [2.24, 2.45) is 0 Å². The smallest absolute Gasteiger partial charge is 0.0911 e. The van der Waals surface area contributed by atoms with Crippen LogP contribution in [0.15, 0.2) is 294 Å². The van der Waals surface area contributed by atoms with Gasteiger partial charge in [-0.2, -0.15) is 0 Å². The zero-order chi connectivity index (χ0) is 71.7. The third kappa shape index (κ3) is 10.7. The van der Waals surface area contributed by atoms with Gasteiger partial charge in [0.05, 0.1) is 6.85 Å². The molecular formula is C92H78B2S4. The van der Waals surface area contributed by atoms with Gasteiger partial charge in [-0.1, -0.05) is 358 Å². The Morgan fingerprint density at radius 2 is 0.490 bits per heavy atom. The molecule has 4 aliphatic rings. The van der Waals surface area contributed by atoms with Crippen molar-refractivity contribution in [3.63, 3.8) is 0 Å². The molecule has 476 valence electrons. The molecule has 0 aromatic heterocycles. The Kier molecular flexibility index (Phi) is 13.9. The number of rotatable bonds is 4. The molecule has 18 rings (SSSR count). The largest absolute Gasteiger partial charge is 0.247 e. The number of hydrogen-bond donors (Lipinski definition) is 0. The predicted molar refractivity (Wildman–Crippen MR) is 431 cm³/mol. The molecule has 0 saturated heterocycles. The van der Waals surface area contributed by atoms with Crippen molar-refractivity contribution in [2.75, 3.05) is 0 Å². The van der Waals surface area contributed by atoms with Gasteiger partial charge in [-0.25, -0.2) is 0 Å². The molecule has 0 amide bonds. The molecule has 0 saturated carbocycles. The van der Waals surface area contributed by atoms with E-state index in [1.165, 1.54) is 138 Å². The first-order valence-corrected chi connectivity index (χ1v) is 37.6. The minimum atomic E-state index is -0.386. The van der Waals surface area contributed by atoms with Crippen molar-refractivity contribution < 1.29 is 6.85 Å². The van der Waals surface area contributed by atoms with Crippen LogP contribution in [0.4, 0.5) is 0 Å². The molecule has 0 spiro atoms. The second-order valence-electron chi connectivity index (χ2n) is 31.1.